The van der Waals surface area contributed by atoms with Crippen LogP contribution >= 0.6 is 0 Å². The highest BCUT2D eigenvalue weighted by molar-refractivity contribution is 5.99. The highest BCUT2D eigenvalue weighted by Gasteiger charge is 2.06. The quantitative estimate of drug-likeness (QED) is 0.772. The molecule has 1 aliphatic heterocycles. The van der Waals surface area contributed by atoms with Crippen LogP contribution in [0.4, 0.5) is 4.39 Å². The van der Waals surface area contributed by atoms with Gasteiger partial charge in [0.2, 0.25) is 0 Å². The van der Waals surface area contributed by atoms with Gasteiger partial charge in [-0.1, -0.05) is 13.8 Å². The van der Waals surface area contributed by atoms with Gasteiger partial charge in [-0.3, -0.25) is 4.99 Å². The van der Waals surface area contributed by atoms with Crippen LogP contribution in [0.2, 0.25) is 0 Å². The summed E-state index contributed by atoms with van der Waals surface area (Å²) >= 11 is 0. The molecule has 0 aliphatic carbocycles. The Balaban J connectivity index is 0.000000606. The zero-order valence-corrected chi connectivity index (χ0v) is 9.87. The van der Waals surface area contributed by atoms with Crippen molar-refractivity contribution in [2.45, 2.75) is 26.8 Å². The van der Waals surface area contributed by atoms with Crippen molar-refractivity contribution in [1.82, 2.24) is 5.32 Å². The van der Waals surface area contributed by atoms with Gasteiger partial charge >= 0.3 is 0 Å². The van der Waals surface area contributed by atoms with E-state index in [1.807, 2.05) is 33.0 Å². The molecule has 1 heterocycles. The molecule has 0 saturated heterocycles. The van der Waals surface area contributed by atoms with E-state index in [0.717, 1.165) is 11.4 Å². The van der Waals surface area contributed by atoms with E-state index in [1.165, 1.54) is 12.1 Å². The first-order valence-corrected chi connectivity index (χ1v) is 5.52. The molecule has 0 aromatic heterocycles. The van der Waals surface area contributed by atoms with Gasteiger partial charge in [-0.2, -0.15) is 0 Å². The fourth-order valence-electron chi connectivity index (χ4n) is 1.32. The molecular formula is C13H17FN2. The summed E-state index contributed by atoms with van der Waals surface area (Å²) in [6.45, 7) is 6.00. The van der Waals surface area contributed by atoms with Gasteiger partial charge < -0.3 is 5.32 Å². The Kier molecular flexibility index (Phi) is 4.70. The van der Waals surface area contributed by atoms with Crippen molar-refractivity contribution in [3.05, 3.63) is 47.9 Å². The lowest BCUT2D eigenvalue weighted by molar-refractivity contribution is 0.627. The zero-order chi connectivity index (χ0) is 12.0. The molecule has 0 spiro atoms. The molecule has 1 unspecified atom stereocenters. The first-order valence-electron chi connectivity index (χ1n) is 5.52. The highest BCUT2D eigenvalue weighted by Crippen LogP contribution is 2.07. The summed E-state index contributed by atoms with van der Waals surface area (Å²) in [6.07, 6.45) is 3.82. The van der Waals surface area contributed by atoms with Crippen molar-refractivity contribution in [2.24, 2.45) is 4.99 Å². The normalized spacial score (nSPS) is 18.0. The Labute approximate surface area is 95.9 Å². The van der Waals surface area contributed by atoms with Crippen LogP contribution in [-0.2, 0) is 0 Å². The van der Waals surface area contributed by atoms with Gasteiger partial charge in [0.1, 0.15) is 11.7 Å². The Morgan fingerprint density at radius 2 is 1.81 bits per heavy atom. The number of hydrogen-bond donors (Lipinski definition) is 1. The van der Waals surface area contributed by atoms with Gasteiger partial charge in [0.25, 0.3) is 0 Å². The van der Waals surface area contributed by atoms with Gasteiger partial charge in [0, 0.05) is 11.8 Å². The summed E-state index contributed by atoms with van der Waals surface area (Å²) in [7, 11) is 0. The molecule has 1 N–H and O–H groups in total. The molecule has 0 amide bonds. The average Bonchev–Trinajstić information content (AvgIpc) is 2.32. The van der Waals surface area contributed by atoms with Crippen molar-refractivity contribution in [3.63, 3.8) is 0 Å². The summed E-state index contributed by atoms with van der Waals surface area (Å²) in [5.74, 6) is 0.564. The summed E-state index contributed by atoms with van der Waals surface area (Å²) in [5, 5.41) is 3.03. The highest BCUT2D eigenvalue weighted by atomic mass is 19.1. The van der Waals surface area contributed by atoms with E-state index >= 15 is 0 Å². The monoisotopic (exact) mass is 220 g/mol. The molecule has 0 saturated carbocycles. The van der Waals surface area contributed by atoms with E-state index < -0.39 is 0 Å². The average molecular weight is 220 g/mol. The molecule has 1 atom stereocenters. The topological polar surface area (TPSA) is 24.4 Å². The minimum absolute atomic E-state index is 0.177. The standard InChI is InChI=1S/C11H11FN2.C2H6/c1-8-6-7-13-11(14-8)9-2-4-10(12)5-3-9;1-2/h2-8H,1H3,(H,13,14);1-2H3. The maximum Gasteiger partial charge on any atom is 0.132 e. The third-order valence-corrected chi connectivity index (χ3v) is 2.05. The second kappa shape index (κ2) is 6.05. The van der Waals surface area contributed by atoms with Gasteiger partial charge in [0.05, 0.1) is 6.04 Å². The van der Waals surface area contributed by atoms with Crippen molar-refractivity contribution in [2.75, 3.05) is 0 Å². The SMILES string of the molecule is CC.CC1C=CNC(c2ccc(F)cc2)=N1. The third-order valence-electron chi connectivity index (χ3n) is 2.05. The Hall–Kier alpha value is -1.64. The van der Waals surface area contributed by atoms with E-state index in [0.29, 0.717) is 0 Å². The number of rotatable bonds is 1. The van der Waals surface area contributed by atoms with Gasteiger partial charge in [0.15, 0.2) is 0 Å². The first kappa shape index (κ1) is 12.4. The molecule has 2 nitrogen and oxygen atoms in total. The number of amidine groups is 1. The van der Waals surface area contributed by atoms with E-state index in [2.05, 4.69) is 10.3 Å². The van der Waals surface area contributed by atoms with Crippen molar-refractivity contribution >= 4 is 5.84 Å². The Morgan fingerprint density at radius 1 is 1.19 bits per heavy atom. The minimum atomic E-state index is -0.228. The van der Waals surface area contributed by atoms with Crippen LogP contribution < -0.4 is 5.32 Å². The summed E-state index contributed by atoms with van der Waals surface area (Å²) < 4.78 is 12.7. The van der Waals surface area contributed by atoms with Crippen molar-refractivity contribution in [1.29, 1.82) is 0 Å². The molecule has 0 radical (unpaired) electrons. The Morgan fingerprint density at radius 3 is 2.38 bits per heavy atom. The van der Waals surface area contributed by atoms with Crippen LogP contribution in [0, 0.1) is 5.82 Å². The molecule has 1 aromatic carbocycles. The third kappa shape index (κ3) is 3.19. The van der Waals surface area contributed by atoms with E-state index in [-0.39, 0.29) is 11.9 Å². The van der Waals surface area contributed by atoms with Gasteiger partial charge in [-0.05, 0) is 37.3 Å². The molecule has 0 fully saturated rings. The lowest BCUT2D eigenvalue weighted by Gasteiger charge is -2.13. The van der Waals surface area contributed by atoms with Crippen molar-refractivity contribution < 1.29 is 4.39 Å². The molecule has 86 valence electrons. The Bertz CT molecular complexity index is 379. The number of halogens is 1. The molecule has 3 heteroatoms. The number of hydrogen-bond acceptors (Lipinski definition) is 2. The fraction of sp³-hybridized carbons (Fsp3) is 0.308. The van der Waals surface area contributed by atoms with Crippen molar-refractivity contribution in [3.8, 4) is 0 Å². The summed E-state index contributed by atoms with van der Waals surface area (Å²) in [5.41, 5.74) is 0.905. The van der Waals surface area contributed by atoms with Crippen LogP contribution in [0.15, 0.2) is 41.5 Å². The predicted octanol–water partition coefficient (Wildman–Crippen LogP) is 3.10. The van der Waals surface area contributed by atoms with Crippen LogP contribution in [0.3, 0.4) is 0 Å². The summed E-state index contributed by atoms with van der Waals surface area (Å²) in [6, 6.07) is 6.47. The lowest BCUT2D eigenvalue weighted by atomic mass is 10.2. The number of aliphatic imine (C=N–C) groups is 1. The second-order valence-corrected chi connectivity index (χ2v) is 3.23. The maximum atomic E-state index is 12.7. The molecule has 2 rings (SSSR count). The van der Waals surface area contributed by atoms with Crippen LogP contribution in [0.5, 0.6) is 0 Å². The number of nitrogens with one attached hydrogen (secondary N) is 1. The fourth-order valence-corrected chi connectivity index (χ4v) is 1.32. The largest absolute Gasteiger partial charge is 0.347 e. The molecule has 1 aromatic rings. The maximum absolute atomic E-state index is 12.7. The minimum Gasteiger partial charge on any atom is -0.347 e. The van der Waals surface area contributed by atoms with Gasteiger partial charge in [-0.15, -0.1) is 0 Å². The molecule has 16 heavy (non-hydrogen) atoms. The van der Waals surface area contributed by atoms with Gasteiger partial charge in [-0.25, -0.2) is 4.39 Å². The van der Waals surface area contributed by atoms with Crippen LogP contribution in [-0.4, -0.2) is 11.9 Å². The molecular weight excluding hydrogens is 203 g/mol. The lowest BCUT2D eigenvalue weighted by Crippen LogP contribution is -2.24. The summed E-state index contributed by atoms with van der Waals surface area (Å²) in [4.78, 5) is 4.38. The van der Waals surface area contributed by atoms with E-state index in [9.17, 15) is 4.39 Å². The van der Waals surface area contributed by atoms with E-state index in [4.69, 9.17) is 0 Å². The molecule has 0 bridgehead atoms. The number of benzene rings is 1. The smallest absolute Gasteiger partial charge is 0.132 e. The first-order chi connectivity index (χ1) is 7.75. The zero-order valence-electron chi connectivity index (χ0n) is 9.87. The predicted molar refractivity (Wildman–Crippen MR) is 66.0 cm³/mol. The second-order valence-electron chi connectivity index (χ2n) is 3.23. The van der Waals surface area contributed by atoms with Crippen LogP contribution in [0.1, 0.15) is 26.3 Å². The number of nitrogens with zero attached hydrogens (tertiary/aromatic N) is 1. The van der Waals surface area contributed by atoms with E-state index in [1.54, 1.807) is 12.1 Å². The molecule has 1 aliphatic rings. The van der Waals surface area contributed by atoms with Crippen LogP contribution in [0.25, 0.3) is 0 Å².